The van der Waals surface area contributed by atoms with E-state index in [4.69, 9.17) is 5.73 Å². The summed E-state index contributed by atoms with van der Waals surface area (Å²) in [5.41, 5.74) is 8.15. The maximum atomic E-state index is 12.0. The zero-order chi connectivity index (χ0) is 12.4. The van der Waals surface area contributed by atoms with Gasteiger partial charge in [-0.3, -0.25) is 4.79 Å². The Kier molecular flexibility index (Phi) is 3.48. The molecule has 1 aliphatic carbocycles. The Morgan fingerprint density at radius 1 is 1.47 bits per heavy atom. The molecule has 0 radical (unpaired) electrons. The van der Waals surface area contributed by atoms with Gasteiger partial charge in [0.1, 0.15) is 0 Å². The predicted molar refractivity (Wildman–Crippen MR) is 68.4 cm³/mol. The van der Waals surface area contributed by atoms with Gasteiger partial charge in [-0.05, 0) is 37.8 Å². The first-order valence-electron chi connectivity index (χ1n) is 6.20. The molecule has 92 valence electrons. The van der Waals surface area contributed by atoms with E-state index in [1.807, 2.05) is 17.0 Å². The molecule has 3 nitrogen and oxygen atoms in total. The zero-order valence-electron chi connectivity index (χ0n) is 10.5. The van der Waals surface area contributed by atoms with Gasteiger partial charge >= 0.3 is 0 Å². The summed E-state index contributed by atoms with van der Waals surface area (Å²) in [6.07, 6.45) is 2.23. The van der Waals surface area contributed by atoms with Crippen molar-refractivity contribution < 1.29 is 4.79 Å². The smallest absolute Gasteiger partial charge is 0.239 e. The predicted octanol–water partition coefficient (Wildman–Crippen LogP) is 1.83. The van der Waals surface area contributed by atoms with Gasteiger partial charge in [-0.15, -0.1) is 0 Å². The molecule has 3 heteroatoms. The topological polar surface area (TPSA) is 46.3 Å². The van der Waals surface area contributed by atoms with Crippen LogP contribution in [0.5, 0.6) is 0 Å². The summed E-state index contributed by atoms with van der Waals surface area (Å²) in [6, 6.07) is 8.21. The molecule has 2 rings (SSSR count). The highest BCUT2D eigenvalue weighted by atomic mass is 16.2. The van der Waals surface area contributed by atoms with E-state index in [1.54, 1.807) is 6.92 Å². The fraction of sp³-hybridized carbons (Fsp3) is 0.500. The second-order valence-corrected chi connectivity index (χ2v) is 4.91. The number of amides is 1. The maximum Gasteiger partial charge on any atom is 0.239 e. The molecule has 1 aromatic rings. The van der Waals surface area contributed by atoms with Crippen molar-refractivity contribution in [3.63, 3.8) is 0 Å². The van der Waals surface area contributed by atoms with Gasteiger partial charge < -0.3 is 10.6 Å². The van der Waals surface area contributed by atoms with Crippen LogP contribution >= 0.6 is 0 Å². The molecule has 17 heavy (non-hydrogen) atoms. The van der Waals surface area contributed by atoms with Crippen LogP contribution in [0, 0.1) is 6.92 Å². The van der Waals surface area contributed by atoms with Crippen LogP contribution in [0.1, 0.15) is 30.9 Å². The van der Waals surface area contributed by atoms with Gasteiger partial charge in [0.05, 0.1) is 6.04 Å². The fourth-order valence-electron chi connectivity index (χ4n) is 2.01. The van der Waals surface area contributed by atoms with E-state index in [-0.39, 0.29) is 5.91 Å². The van der Waals surface area contributed by atoms with Crippen molar-refractivity contribution in [2.24, 2.45) is 5.73 Å². The van der Waals surface area contributed by atoms with Crippen molar-refractivity contribution in [3.8, 4) is 0 Å². The lowest BCUT2D eigenvalue weighted by Crippen LogP contribution is -2.43. The molecule has 1 fully saturated rings. The highest BCUT2D eigenvalue weighted by Gasteiger charge is 2.33. The Bertz CT molecular complexity index is 410. The van der Waals surface area contributed by atoms with Crippen LogP contribution < -0.4 is 5.73 Å². The third kappa shape index (κ3) is 2.86. The first-order valence-corrected chi connectivity index (χ1v) is 6.20. The Hall–Kier alpha value is -1.35. The molecule has 0 aromatic heterocycles. The van der Waals surface area contributed by atoms with Crippen LogP contribution in [0.15, 0.2) is 24.3 Å². The SMILES string of the molecule is Cc1ccccc1CN(C(=O)[C@H](C)N)C1CC1. The molecule has 2 N–H and O–H groups in total. The Labute approximate surface area is 103 Å². The Balaban J connectivity index is 2.13. The summed E-state index contributed by atoms with van der Waals surface area (Å²) in [4.78, 5) is 14.0. The van der Waals surface area contributed by atoms with E-state index in [2.05, 4.69) is 19.1 Å². The van der Waals surface area contributed by atoms with Crippen molar-refractivity contribution in [1.82, 2.24) is 4.90 Å². The largest absolute Gasteiger partial charge is 0.334 e. The fourth-order valence-corrected chi connectivity index (χ4v) is 2.01. The molecular weight excluding hydrogens is 212 g/mol. The number of carbonyl (C=O) groups is 1. The number of benzene rings is 1. The quantitative estimate of drug-likeness (QED) is 0.861. The maximum absolute atomic E-state index is 12.0. The normalized spacial score (nSPS) is 16.6. The highest BCUT2D eigenvalue weighted by Crippen LogP contribution is 2.29. The summed E-state index contributed by atoms with van der Waals surface area (Å²) >= 11 is 0. The van der Waals surface area contributed by atoms with Crippen LogP contribution in [0.3, 0.4) is 0 Å². The summed E-state index contributed by atoms with van der Waals surface area (Å²) in [6.45, 7) is 4.53. The van der Waals surface area contributed by atoms with Crippen LogP contribution in [-0.4, -0.2) is 22.9 Å². The third-order valence-corrected chi connectivity index (χ3v) is 3.26. The van der Waals surface area contributed by atoms with E-state index in [0.717, 1.165) is 12.8 Å². The van der Waals surface area contributed by atoms with Crippen molar-refractivity contribution >= 4 is 5.91 Å². The second-order valence-electron chi connectivity index (χ2n) is 4.91. The second kappa shape index (κ2) is 4.88. The zero-order valence-corrected chi connectivity index (χ0v) is 10.5. The van der Waals surface area contributed by atoms with E-state index < -0.39 is 6.04 Å². The van der Waals surface area contributed by atoms with Crippen LogP contribution in [0.25, 0.3) is 0 Å². The van der Waals surface area contributed by atoms with Gasteiger partial charge in [0, 0.05) is 12.6 Å². The number of nitrogens with two attached hydrogens (primary N) is 1. The average molecular weight is 232 g/mol. The lowest BCUT2D eigenvalue weighted by molar-refractivity contribution is -0.133. The molecule has 0 heterocycles. The number of aryl methyl sites for hydroxylation is 1. The lowest BCUT2D eigenvalue weighted by atomic mass is 10.1. The first-order chi connectivity index (χ1) is 8.09. The van der Waals surface area contributed by atoms with Crippen molar-refractivity contribution in [1.29, 1.82) is 0 Å². The van der Waals surface area contributed by atoms with Crippen molar-refractivity contribution in [2.75, 3.05) is 0 Å². The molecular formula is C14H20N2O. The summed E-state index contributed by atoms with van der Waals surface area (Å²) in [5, 5.41) is 0. The van der Waals surface area contributed by atoms with Gasteiger partial charge in [0.15, 0.2) is 0 Å². The number of hydrogen-bond acceptors (Lipinski definition) is 2. The minimum absolute atomic E-state index is 0.0655. The Morgan fingerprint density at radius 3 is 2.65 bits per heavy atom. The highest BCUT2D eigenvalue weighted by molar-refractivity contribution is 5.81. The number of carbonyl (C=O) groups excluding carboxylic acids is 1. The van der Waals surface area contributed by atoms with Crippen LogP contribution in [-0.2, 0) is 11.3 Å². The minimum atomic E-state index is -0.403. The average Bonchev–Trinajstić information content (AvgIpc) is 3.11. The van der Waals surface area contributed by atoms with Gasteiger partial charge in [-0.25, -0.2) is 0 Å². The van der Waals surface area contributed by atoms with Gasteiger partial charge in [-0.1, -0.05) is 24.3 Å². The number of nitrogens with zero attached hydrogens (tertiary/aromatic N) is 1. The van der Waals surface area contributed by atoms with Gasteiger partial charge in [0.25, 0.3) is 0 Å². The van der Waals surface area contributed by atoms with Crippen LogP contribution in [0.4, 0.5) is 0 Å². The summed E-state index contributed by atoms with van der Waals surface area (Å²) < 4.78 is 0. The molecule has 1 aromatic carbocycles. The summed E-state index contributed by atoms with van der Waals surface area (Å²) in [5.74, 6) is 0.0655. The minimum Gasteiger partial charge on any atom is -0.334 e. The molecule has 1 atom stereocenters. The molecule has 0 spiro atoms. The van der Waals surface area contributed by atoms with Crippen molar-refractivity contribution in [3.05, 3.63) is 35.4 Å². The molecule has 0 aliphatic heterocycles. The van der Waals surface area contributed by atoms with E-state index in [9.17, 15) is 4.79 Å². The summed E-state index contributed by atoms with van der Waals surface area (Å²) in [7, 11) is 0. The van der Waals surface area contributed by atoms with Gasteiger partial charge in [0.2, 0.25) is 5.91 Å². The molecule has 0 unspecified atom stereocenters. The van der Waals surface area contributed by atoms with E-state index >= 15 is 0 Å². The van der Waals surface area contributed by atoms with Crippen LogP contribution in [0.2, 0.25) is 0 Å². The van der Waals surface area contributed by atoms with Gasteiger partial charge in [-0.2, -0.15) is 0 Å². The molecule has 1 saturated carbocycles. The molecule has 1 amide bonds. The monoisotopic (exact) mass is 232 g/mol. The molecule has 0 bridgehead atoms. The van der Waals surface area contributed by atoms with Crippen molar-refractivity contribution in [2.45, 2.75) is 45.3 Å². The Morgan fingerprint density at radius 2 is 2.12 bits per heavy atom. The first kappa shape index (κ1) is 12.1. The van der Waals surface area contributed by atoms with E-state index in [0.29, 0.717) is 12.6 Å². The standard InChI is InChI=1S/C14H20N2O/c1-10-5-3-4-6-12(10)9-16(13-7-8-13)14(17)11(2)15/h3-6,11,13H,7-9,15H2,1-2H3/t11-/m0/s1. The third-order valence-electron chi connectivity index (χ3n) is 3.26. The number of rotatable bonds is 4. The number of hydrogen-bond donors (Lipinski definition) is 1. The molecule has 1 aliphatic rings. The van der Waals surface area contributed by atoms with E-state index in [1.165, 1.54) is 11.1 Å². The molecule has 0 saturated heterocycles. The lowest BCUT2D eigenvalue weighted by Gasteiger charge is -2.25.